The van der Waals surface area contributed by atoms with E-state index in [1.165, 1.54) is 44.5 Å². The van der Waals surface area contributed by atoms with Crippen molar-refractivity contribution in [3.63, 3.8) is 0 Å². The number of benzene rings is 3. The number of esters is 1. The van der Waals surface area contributed by atoms with Crippen LogP contribution in [0.2, 0.25) is 0 Å². The molecule has 228 valence electrons. The highest BCUT2D eigenvalue weighted by molar-refractivity contribution is 5.94. The Labute approximate surface area is 258 Å². The molecule has 2 aliphatic rings. The second kappa shape index (κ2) is 12.6. The van der Waals surface area contributed by atoms with Gasteiger partial charge < -0.3 is 20.5 Å². The van der Waals surface area contributed by atoms with Crippen LogP contribution in [0.4, 0.5) is 10.6 Å². The second-order valence-corrected chi connectivity index (χ2v) is 11.9. The summed E-state index contributed by atoms with van der Waals surface area (Å²) in [6.07, 6.45) is 6.52. The summed E-state index contributed by atoms with van der Waals surface area (Å²) >= 11 is 0. The Morgan fingerprint density at radius 3 is 2.57 bits per heavy atom. The van der Waals surface area contributed by atoms with Gasteiger partial charge in [0, 0.05) is 13.1 Å². The lowest BCUT2D eigenvalue weighted by Crippen LogP contribution is -2.37. The molecular weight excluding hydrogens is 552 g/mol. The first kappa shape index (κ1) is 29.5. The number of nitrogen functional groups attached to an aromatic ring is 1. The summed E-state index contributed by atoms with van der Waals surface area (Å²) in [5, 5.41) is 13.7. The number of hydrogen-bond donors (Lipinski definition) is 2. The fraction of sp³-hybridized carbons (Fsp3) is 0.361. The van der Waals surface area contributed by atoms with Gasteiger partial charge in [0.25, 0.3) is 0 Å². The van der Waals surface area contributed by atoms with Gasteiger partial charge in [0.05, 0.1) is 18.5 Å². The van der Waals surface area contributed by atoms with Crippen LogP contribution in [0.15, 0.2) is 66.9 Å². The highest BCUT2D eigenvalue weighted by atomic mass is 16.5. The summed E-state index contributed by atoms with van der Waals surface area (Å²) in [6, 6.07) is 21.8. The fourth-order valence-electron chi connectivity index (χ4n) is 7.13. The minimum absolute atomic E-state index is 0.263. The zero-order valence-corrected chi connectivity index (χ0v) is 25.5. The van der Waals surface area contributed by atoms with Gasteiger partial charge in [0.1, 0.15) is 11.4 Å². The number of likely N-dealkylation sites (tertiary alicyclic amines) is 1. The van der Waals surface area contributed by atoms with Crippen LogP contribution >= 0.6 is 0 Å². The molecule has 0 spiro atoms. The van der Waals surface area contributed by atoms with E-state index in [1.54, 1.807) is 11.6 Å². The summed E-state index contributed by atoms with van der Waals surface area (Å²) in [4.78, 5) is 25.2. The maximum Gasteiger partial charge on any atom is 0.407 e. The van der Waals surface area contributed by atoms with Crippen molar-refractivity contribution in [1.82, 2.24) is 14.7 Å². The molecule has 1 aliphatic carbocycles. The Bertz CT molecular complexity index is 1690. The summed E-state index contributed by atoms with van der Waals surface area (Å²) in [6.45, 7) is 5.46. The number of carboxylic acid groups (broad SMARTS) is 1. The number of anilines is 1. The average molecular weight is 593 g/mol. The SMILES string of the molecule is CCOC(=O)c1cnn(-c2cccc(-c3cccc4c3[C@@H](Cc3ccc(C5CCN(C(=O)O)CC5)c(CC)c3)CC4)c2)c1N. The lowest BCUT2D eigenvalue weighted by molar-refractivity contribution is 0.0527. The number of ether oxygens (including phenoxy) is 1. The molecule has 0 saturated carbocycles. The van der Waals surface area contributed by atoms with E-state index in [2.05, 4.69) is 60.6 Å². The molecule has 3 N–H and O–H groups in total. The highest BCUT2D eigenvalue weighted by Crippen LogP contribution is 2.42. The normalized spacial score (nSPS) is 16.6. The molecule has 0 bridgehead atoms. The standard InChI is InChI=1S/C36H40N4O4/c1-3-24-19-23(11-14-30(24)25-15-17-39(18-16-25)36(42)43)20-28-13-12-26-7-6-10-31(33(26)28)27-8-5-9-29(21-27)40-34(37)32(22-38-40)35(41)44-4-2/h5-11,14,19,21-22,25,28H,3-4,12-13,15-18,20,37H2,1-2H3,(H,42,43)/t28-/m1/s1. The molecule has 2 heterocycles. The van der Waals surface area contributed by atoms with Crippen molar-refractivity contribution in [2.45, 2.75) is 64.2 Å². The van der Waals surface area contributed by atoms with Gasteiger partial charge >= 0.3 is 12.1 Å². The lowest BCUT2D eigenvalue weighted by atomic mass is 9.83. The number of carbonyl (C=O) groups is 2. The van der Waals surface area contributed by atoms with E-state index >= 15 is 0 Å². The maximum absolute atomic E-state index is 12.3. The van der Waals surface area contributed by atoms with Gasteiger partial charge in [0.2, 0.25) is 0 Å². The molecule has 1 saturated heterocycles. The van der Waals surface area contributed by atoms with E-state index in [0.717, 1.165) is 49.8 Å². The van der Waals surface area contributed by atoms with Crippen LogP contribution in [0.1, 0.15) is 83.1 Å². The van der Waals surface area contributed by atoms with Crippen molar-refractivity contribution in [2.24, 2.45) is 0 Å². The molecule has 1 atom stereocenters. The Hall–Kier alpha value is -4.59. The van der Waals surface area contributed by atoms with Crippen molar-refractivity contribution in [3.05, 3.63) is 100 Å². The molecule has 3 aromatic carbocycles. The van der Waals surface area contributed by atoms with Gasteiger partial charge in [-0.25, -0.2) is 14.3 Å². The Kier molecular flexibility index (Phi) is 8.42. The molecule has 1 aromatic heterocycles. The first-order valence-electron chi connectivity index (χ1n) is 15.7. The third-order valence-electron chi connectivity index (χ3n) is 9.35. The number of amides is 1. The summed E-state index contributed by atoms with van der Waals surface area (Å²) in [5.41, 5.74) is 16.6. The first-order chi connectivity index (χ1) is 21.4. The minimum Gasteiger partial charge on any atom is -0.465 e. The van der Waals surface area contributed by atoms with Gasteiger partial charge in [-0.2, -0.15) is 5.10 Å². The van der Waals surface area contributed by atoms with Crippen molar-refractivity contribution >= 4 is 17.9 Å². The van der Waals surface area contributed by atoms with Crippen LogP contribution in [0.5, 0.6) is 0 Å². The number of nitrogens with zero attached hydrogens (tertiary/aromatic N) is 3. The number of hydrogen-bond acceptors (Lipinski definition) is 5. The molecule has 8 nitrogen and oxygen atoms in total. The number of aromatic nitrogens is 2. The van der Waals surface area contributed by atoms with Crippen LogP contribution in [-0.2, 0) is 24.0 Å². The van der Waals surface area contributed by atoms with Crippen molar-refractivity contribution < 1.29 is 19.4 Å². The maximum atomic E-state index is 12.3. The second-order valence-electron chi connectivity index (χ2n) is 11.9. The van der Waals surface area contributed by atoms with Gasteiger partial charge in [0.15, 0.2) is 0 Å². The molecule has 1 aliphatic heterocycles. The van der Waals surface area contributed by atoms with E-state index in [0.29, 0.717) is 24.9 Å². The Balaban J connectivity index is 1.25. The van der Waals surface area contributed by atoms with Crippen molar-refractivity contribution in [1.29, 1.82) is 0 Å². The summed E-state index contributed by atoms with van der Waals surface area (Å²) in [5.74, 6) is 0.612. The third kappa shape index (κ3) is 5.68. The topological polar surface area (TPSA) is 111 Å². The smallest absolute Gasteiger partial charge is 0.407 e. The van der Waals surface area contributed by atoms with Crippen LogP contribution in [0.3, 0.4) is 0 Å². The fourth-order valence-corrected chi connectivity index (χ4v) is 7.13. The van der Waals surface area contributed by atoms with Gasteiger partial charge in [-0.1, -0.05) is 55.5 Å². The van der Waals surface area contributed by atoms with E-state index in [4.69, 9.17) is 10.5 Å². The molecule has 0 radical (unpaired) electrons. The van der Waals surface area contributed by atoms with Crippen molar-refractivity contribution in [2.75, 3.05) is 25.4 Å². The molecule has 4 aromatic rings. The van der Waals surface area contributed by atoms with Gasteiger partial charge in [-0.05, 0) is 108 Å². The summed E-state index contributed by atoms with van der Waals surface area (Å²) < 4.78 is 6.72. The molecular formula is C36H40N4O4. The van der Waals surface area contributed by atoms with E-state index in [9.17, 15) is 14.7 Å². The lowest BCUT2D eigenvalue weighted by Gasteiger charge is -2.31. The van der Waals surface area contributed by atoms with Crippen LogP contribution in [-0.4, -0.2) is 51.5 Å². The van der Waals surface area contributed by atoms with Gasteiger partial charge in [-0.15, -0.1) is 0 Å². The predicted octanol–water partition coefficient (Wildman–Crippen LogP) is 6.99. The zero-order valence-electron chi connectivity index (χ0n) is 25.5. The number of nitrogens with two attached hydrogens (primary N) is 1. The Morgan fingerprint density at radius 1 is 1.02 bits per heavy atom. The third-order valence-corrected chi connectivity index (χ3v) is 9.35. The van der Waals surface area contributed by atoms with Crippen molar-refractivity contribution in [3.8, 4) is 16.8 Å². The molecule has 1 amide bonds. The first-order valence-corrected chi connectivity index (χ1v) is 15.7. The van der Waals surface area contributed by atoms with Crippen LogP contribution in [0.25, 0.3) is 16.8 Å². The number of piperidine rings is 1. The number of aryl methyl sites for hydroxylation is 2. The van der Waals surface area contributed by atoms with Crippen LogP contribution < -0.4 is 5.73 Å². The summed E-state index contributed by atoms with van der Waals surface area (Å²) in [7, 11) is 0. The zero-order chi connectivity index (χ0) is 30.8. The van der Waals surface area contributed by atoms with E-state index in [1.807, 2.05) is 12.1 Å². The monoisotopic (exact) mass is 592 g/mol. The largest absolute Gasteiger partial charge is 0.465 e. The number of carbonyl (C=O) groups excluding carboxylic acids is 1. The molecule has 6 rings (SSSR count). The van der Waals surface area contributed by atoms with E-state index in [-0.39, 0.29) is 18.0 Å². The minimum atomic E-state index is -0.814. The molecule has 8 heteroatoms. The van der Waals surface area contributed by atoms with Gasteiger partial charge in [-0.3, -0.25) is 0 Å². The van der Waals surface area contributed by atoms with Crippen LogP contribution in [0, 0.1) is 0 Å². The Morgan fingerprint density at radius 2 is 1.82 bits per heavy atom. The number of rotatable bonds is 8. The molecule has 1 fully saturated rings. The number of fused-ring (bicyclic) bond motifs is 1. The quantitative estimate of drug-likeness (QED) is 0.213. The average Bonchev–Trinajstić information content (AvgIpc) is 3.64. The highest BCUT2D eigenvalue weighted by Gasteiger charge is 2.28. The predicted molar refractivity (Wildman–Crippen MR) is 172 cm³/mol. The molecule has 44 heavy (non-hydrogen) atoms. The van der Waals surface area contributed by atoms with E-state index < -0.39 is 12.1 Å². The molecule has 0 unspecified atom stereocenters.